The van der Waals surface area contributed by atoms with Gasteiger partial charge in [-0.25, -0.2) is 0 Å². The fourth-order valence-electron chi connectivity index (χ4n) is 2.26. The van der Waals surface area contributed by atoms with Crippen LogP contribution in [0.5, 0.6) is 5.75 Å². The summed E-state index contributed by atoms with van der Waals surface area (Å²) in [5, 5.41) is 8.09. The van der Waals surface area contributed by atoms with Crippen molar-refractivity contribution in [2.75, 3.05) is 11.1 Å². The average Bonchev–Trinajstić information content (AvgIpc) is 2.88. The van der Waals surface area contributed by atoms with Gasteiger partial charge in [0, 0.05) is 13.6 Å². The van der Waals surface area contributed by atoms with E-state index in [2.05, 4.69) is 20.4 Å². The summed E-state index contributed by atoms with van der Waals surface area (Å²) in [7, 11) is 1.83. The fraction of sp³-hybridized carbons (Fsp3) is 0.312. The molecule has 0 bridgehead atoms. The minimum atomic E-state index is 0.168. The van der Waals surface area contributed by atoms with Crippen LogP contribution in [-0.4, -0.2) is 25.9 Å². The first-order valence-corrected chi connectivity index (χ1v) is 7.47. The Hall–Kier alpha value is -2.83. The first-order chi connectivity index (χ1) is 11.0. The summed E-state index contributed by atoms with van der Waals surface area (Å²) in [5.74, 6) is 1.77. The van der Waals surface area contributed by atoms with Gasteiger partial charge in [-0.3, -0.25) is 4.68 Å². The number of nitrogens with zero attached hydrogens (tertiary/aromatic N) is 4. The number of hydrogen-bond acceptors (Lipinski definition) is 6. The van der Waals surface area contributed by atoms with Crippen molar-refractivity contribution < 1.29 is 4.74 Å². The van der Waals surface area contributed by atoms with Gasteiger partial charge in [-0.05, 0) is 31.5 Å². The van der Waals surface area contributed by atoms with Crippen molar-refractivity contribution in [1.82, 2.24) is 19.7 Å². The molecule has 0 amide bonds. The van der Waals surface area contributed by atoms with Crippen LogP contribution < -0.4 is 15.8 Å². The summed E-state index contributed by atoms with van der Waals surface area (Å²) in [6.45, 7) is 4.61. The largest absolute Gasteiger partial charge is 0.491 e. The minimum Gasteiger partial charge on any atom is -0.491 e. The Morgan fingerprint density at radius 2 is 1.96 bits per heavy atom. The molecule has 3 rings (SSSR count). The van der Waals surface area contributed by atoms with Crippen molar-refractivity contribution in [3.63, 3.8) is 0 Å². The smallest absolute Gasteiger partial charge is 0.226 e. The lowest BCUT2D eigenvalue weighted by atomic mass is 10.2. The Balaban J connectivity index is 1.71. The SMILES string of the molecule is CC(C)Oc1ccc(CNc2nc(N)c3cnn(C)c3n2)cc1. The van der Waals surface area contributed by atoms with Gasteiger partial charge in [0.1, 0.15) is 11.6 Å². The highest BCUT2D eigenvalue weighted by Gasteiger charge is 2.09. The number of anilines is 2. The van der Waals surface area contributed by atoms with Gasteiger partial charge in [-0.15, -0.1) is 0 Å². The third kappa shape index (κ3) is 3.33. The van der Waals surface area contributed by atoms with Crippen LogP contribution in [0.25, 0.3) is 11.0 Å². The van der Waals surface area contributed by atoms with Gasteiger partial charge in [-0.2, -0.15) is 15.1 Å². The molecule has 120 valence electrons. The monoisotopic (exact) mass is 312 g/mol. The number of ether oxygens (including phenoxy) is 1. The van der Waals surface area contributed by atoms with E-state index in [1.807, 2.05) is 45.2 Å². The van der Waals surface area contributed by atoms with Crippen LogP contribution >= 0.6 is 0 Å². The molecule has 0 fully saturated rings. The van der Waals surface area contributed by atoms with E-state index in [1.54, 1.807) is 10.9 Å². The maximum atomic E-state index is 5.94. The summed E-state index contributed by atoms with van der Waals surface area (Å²) < 4.78 is 7.31. The normalized spacial score (nSPS) is 11.1. The Labute approximate surface area is 134 Å². The number of nitrogens with one attached hydrogen (secondary N) is 1. The lowest BCUT2D eigenvalue weighted by Crippen LogP contribution is -2.07. The maximum absolute atomic E-state index is 5.94. The lowest BCUT2D eigenvalue weighted by Gasteiger charge is -2.10. The van der Waals surface area contributed by atoms with Crippen LogP contribution in [0.2, 0.25) is 0 Å². The van der Waals surface area contributed by atoms with Crippen LogP contribution in [0.15, 0.2) is 30.5 Å². The van der Waals surface area contributed by atoms with Crippen molar-refractivity contribution in [3.8, 4) is 5.75 Å². The zero-order valence-corrected chi connectivity index (χ0v) is 13.4. The molecule has 2 aromatic heterocycles. The number of nitrogen functional groups attached to an aromatic ring is 1. The Bertz CT molecular complexity index is 809. The molecule has 7 nitrogen and oxygen atoms in total. The molecule has 7 heteroatoms. The zero-order valence-electron chi connectivity index (χ0n) is 13.4. The molecule has 1 aromatic carbocycles. The number of hydrogen-bond donors (Lipinski definition) is 2. The molecule has 0 spiro atoms. The zero-order chi connectivity index (χ0) is 16.4. The van der Waals surface area contributed by atoms with Crippen molar-refractivity contribution >= 4 is 22.8 Å². The molecule has 0 unspecified atom stereocenters. The van der Waals surface area contributed by atoms with Crippen LogP contribution in [0.3, 0.4) is 0 Å². The molecular formula is C16H20N6O. The van der Waals surface area contributed by atoms with E-state index in [0.717, 1.165) is 16.7 Å². The topological polar surface area (TPSA) is 90.9 Å². The molecule has 0 aliphatic carbocycles. The molecule has 0 radical (unpaired) electrons. The number of rotatable bonds is 5. The van der Waals surface area contributed by atoms with Crippen molar-refractivity contribution in [2.45, 2.75) is 26.5 Å². The molecule has 23 heavy (non-hydrogen) atoms. The van der Waals surface area contributed by atoms with Crippen molar-refractivity contribution in [3.05, 3.63) is 36.0 Å². The highest BCUT2D eigenvalue weighted by molar-refractivity contribution is 5.86. The average molecular weight is 312 g/mol. The van der Waals surface area contributed by atoms with Gasteiger partial charge in [0.25, 0.3) is 0 Å². The predicted octanol–water partition coefficient (Wildman–Crippen LogP) is 2.34. The minimum absolute atomic E-state index is 0.168. The number of aromatic nitrogens is 4. The van der Waals surface area contributed by atoms with E-state index >= 15 is 0 Å². The number of benzene rings is 1. The van der Waals surface area contributed by atoms with Gasteiger partial charge in [0.05, 0.1) is 17.7 Å². The first kappa shape index (κ1) is 15.1. The van der Waals surface area contributed by atoms with E-state index in [1.165, 1.54) is 0 Å². The second-order valence-electron chi connectivity index (χ2n) is 5.60. The second kappa shape index (κ2) is 6.12. The number of nitrogens with two attached hydrogens (primary N) is 1. The van der Waals surface area contributed by atoms with Gasteiger partial charge < -0.3 is 15.8 Å². The van der Waals surface area contributed by atoms with Gasteiger partial charge in [0.2, 0.25) is 5.95 Å². The highest BCUT2D eigenvalue weighted by atomic mass is 16.5. The standard InChI is InChI=1S/C16H20N6O/c1-10(2)23-12-6-4-11(5-7-12)8-18-16-20-14(17)13-9-19-22(3)15(13)21-16/h4-7,9-10H,8H2,1-3H3,(H3,17,18,20,21). The quantitative estimate of drug-likeness (QED) is 0.751. The van der Waals surface area contributed by atoms with Gasteiger partial charge in [-0.1, -0.05) is 12.1 Å². The molecule has 0 atom stereocenters. The molecule has 0 aliphatic rings. The Morgan fingerprint density at radius 3 is 2.65 bits per heavy atom. The summed E-state index contributed by atoms with van der Waals surface area (Å²) in [4.78, 5) is 8.71. The molecular weight excluding hydrogens is 292 g/mol. The molecule has 0 saturated heterocycles. The summed E-state index contributed by atoms with van der Waals surface area (Å²) >= 11 is 0. The molecule has 3 N–H and O–H groups in total. The van der Waals surface area contributed by atoms with Crippen LogP contribution in [0.4, 0.5) is 11.8 Å². The van der Waals surface area contributed by atoms with E-state index in [0.29, 0.717) is 24.0 Å². The number of aryl methyl sites for hydroxylation is 1. The Kier molecular flexibility index (Phi) is 4.01. The lowest BCUT2D eigenvalue weighted by molar-refractivity contribution is 0.242. The summed E-state index contributed by atoms with van der Waals surface area (Å²) in [6.07, 6.45) is 1.84. The van der Waals surface area contributed by atoms with E-state index in [-0.39, 0.29) is 6.10 Å². The Morgan fingerprint density at radius 1 is 1.22 bits per heavy atom. The molecule has 0 aliphatic heterocycles. The fourth-order valence-corrected chi connectivity index (χ4v) is 2.26. The van der Waals surface area contributed by atoms with E-state index < -0.39 is 0 Å². The molecule has 0 saturated carbocycles. The van der Waals surface area contributed by atoms with Crippen molar-refractivity contribution in [2.24, 2.45) is 7.05 Å². The van der Waals surface area contributed by atoms with Crippen LogP contribution in [0, 0.1) is 0 Å². The summed E-state index contributed by atoms with van der Waals surface area (Å²) in [6, 6.07) is 7.93. The first-order valence-electron chi connectivity index (χ1n) is 7.47. The van der Waals surface area contributed by atoms with E-state index in [9.17, 15) is 0 Å². The third-order valence-corrected chi connectivity index (χ3v) is 3.37. The van der Waals surface area contributed by atoms with E-state index in [4.69, 9.17) is 10.5 Å². The molecule has 3 aromatic rings. The highest BCUT2D eigenvalue weighted by Crippen LogP contribution is 2.19. The van der Waals surface area contributed by atoms with Crippen LogP contribution in [0.1, 0.15) is 19.4 Å². The summed E-state index contributed by atoms with van der Waals surface area (Å²) in [5.41, 5.74) is 7.76. The maximum Gasteiger partial charge on any atom is 0.226 e. The third-order valence-electron chi connectivity index (χ3n) is 3.37. The number of fused-ring (bicyclic) bond motifs is 1. The van der Waals surface area contributed by atoms with Gasteiger partial charge in [0.15, 0.2) is 5.65 Å². The predicted molar refractivity (Wildman–Crippen MR) is 90.2 cm³/mol. The van der Waals surface area contributed by atoms with Crippen molar-refractivity contribution in [1.29, 1.82) is 0 Å². The molecule has 2 heterocycles. The van der Waals surface area contributed by atoms with Gasteiger partial charge >= 0.3 is 0 Å². The van der Waals surface area contributed by atoms with Crippen LogP contribution in [-0.2, 0) is 13.6 Å². The second-order valence-corrected chi connectivity index (χ2v) is 5.60.